The number of alkyl halides is 2. The van der Waals surface area contributed by atoms with Crippen molar-refractivity contribution in [3.05, 3.63) is 64.7 Å². The zero-order valence-corrected chi connectivity index (χ0v) is 18.5. The van der Waals surface area contributed by atoms with Crippen LogP contribution in [0, 0.1) is 0 Å². The number of nitrogens with zero attached hydrogens (tertiary/aromatic N) is 1. The smallest absolute Gasteiger partial charge is 0.319 e. The number of anilines is 1. The van der Waals surface area contributed by atoms with Gasteiger partial charge in [0, 0.05) is 24.2 Å². The van der Waals surface area contributed by atoms with Crippen molar-refractivity contribution in [2.45, 2.75) is 38.2 Å². The first-order chi connectivity index (χ1) is 16.7. The summed E-state index contributed by atoms with van der Waals surface area (Å²) < 4.78 is 25.5. The number of nitrogens with one attached hydrogen (secondary N) is 3. The minimum Gasteiger partial charge on any atom is -0.338 e. The van der Waals surface area contributed by atoms with Crippen LogP contribution >= 0.6 is 0 Å². The van der Waals surface area contributed by atoms with Gasteiger partial charge in [0.15, 0.2) is 0 Å². The zero-order valence-electron chi connectivity index (χ0n) is 18.5. The van der Waals surface area contributed by atoms with E-state index in [-0.39, 0.29) is 41.8 Å². The van der Waals surface area contributed by atoms with Gasteiger partial charge in [-0.3, -0.25) is 29.4 Å². The molecule has 0 aliphatic carbocycles. The molecule has 182 valence electrons. The highest BCUT2D eigenvalue weighted by molar-refractivity contribution is 6.23. The Bertz CT molecular complexity index is 1220. The van der Waals surface area contributed by atoms with Crippen molar-refractivity contribution in [3.63, 3.8) is 0 Å². The first kappa shape index (κ1) is 24.0. The third-order valence-corrected chi connectivity index (χ3v) is 5.83. The summed E-state index contributed by atoms with van der Waals surface area (Å²) in [5, 5.41) is 7.29. The van der Waals surface area contributed by atoms with E-state index < -0.39 is 42.1 Å². The second-order valence-electron chi connectivity index (χ2n) is 8.24. The fourth-order valence-electron chi connectivity index (χ4n) is 4.10. The van der Waals surface area contributed by atoms with E-state index in [0.717, 1.165) is 10.5 Å². The molecular formula is C24H22F2N4O5. The number of fused-ring (bicyclic) bond motifs is 1. The number of carbonyl (C=O) groups is 5. The van der Waals surface area contributed by atoms with Crippen LogP contribution in [0.25, 0.3) is 0 Å². The molecule has 0 bridgehead atoms. The Kier molecular flexibility index (Phi) is 6.85. The maximum absolute atomic E-state index is 12.9. The van der Waals surface area contributed by atoms with Gasteiger partial charge in [0.2, 0.25) is 11.8 Å². The molecule has 0 spiro atoms. The van der Waals surface area contributed by atoms with Gasteiger partial charge in [-0.1, -0.05) is 18.2 Å². The van der Waals surface area contributed by atoms with E-state index >= 15 is 0 Å². The molecule has 0 saturated carbocycles. The number of amides is 6. The van der Waals surface area contributed by atoms with Crippen molar-refractivity contribution < 1.29 is 32.8 Å². The van der Waals surface area contributed by atoms with Crippen molar-refractivity contribution in [1.29, 1.82) is 0 Å². The van der Waals surface area contributed by atoms with Crippen LogP contribution in [0.2, 0.25) is 0 Å². The van der Waals surface area contributed by atoms with Gasteiger partial charge >= 0.3 is 6.03 Å². The summed E-state index contributed by atoms with van der Waals surface area (Å²) >= 11 is 0. The van der Waals surface area contributed by atoms with E-state index in [2.05, 4.69) is 16.0 Å². The first-order valence-corrected chi connectivity index (χ1v) is 11.0. The van der Waals surface area contributed by atoms with Gasteiger partial charge in [-0.05, 0) is 49.1 Å². The van der Waals surface area contributed by atoms with Crippen LogP contribution in [0.15, 0.2) is 42.5 Å². The summed E-state index contributed by atoms with van der Waals surface area (Å²) in [6.07, 6.45) is -1.49. The Balaban J connectivity index is 1.30. The van der Waals surface area contributed by atoms with Crippen molar-refractivity contribution >= 4 is 35.3 Å². The van der Waals surface area contributed by atoms with Gasteiger partial charge in [-0.2, -0.15) is 0 Å². The summed E-state index contributed by atoms with van der Waals surface area (Å²) in [7, 11) is 0. The molecule has 9 nitrogen and oxygen atoms in total. The molecule has 2 aromatic rings. The molecule has 1 unspecified atom stereocenters. The fraction of sp³-hybridized carbons (Fsp3) is 0.292. The van der Waals surface area contributed by atoms with E-state index in [0.29, 0.717) is 12.8 Å². The Hall–Kier alpha value is -4.15. The van der Waals surface area contributed by atoms with E-state index in [9.17, 15) is 32.8 Å². The van der Waals surface area contributed by atoms with Crippen LogP contribution in [0.4, 0.5) is 19.3 Å². The van der Waals surface area contributed by atoms with Crippen molar-refractivity contribution in [2.75, 3.05) is 11.9 Å². The molecular weight excluding hydrogens is 462 g/mol. The van der Waals surface area contributed by atoms with Crippen LogP contribution in [0.3, 0.4) is 0 Å². The molecule has 1 atom stereocenters. The van der Waals surface area contributed by atoms with Crippen LogP contribution in [0.1, 0.15) is 57.5 Å². The van der Waals surface area contributed by atoms with Crippen LogP contribution in [0.5, 0.6) is 0 Å². The summed E-state index contributed by atoms with van der Waals surface area (Å²) in [5.74, 6) is -2.25. The molecule has 2 aromatic carbocycles. The largest absolute Gasteiger partial charge is 0.338 e. The molecule has 0 radical (unpaired) electrons. The predicted molar refractivity (Wildman–Crippen MR) is 120 cm³/mol. The van der Waals surface area contributed by atoms with E-state index in [1.807, 2.05) is 0 Å². The highest BCUT2D eigenvalue weighted by atomic mass is 19.3. The van der Waals surface area contributed by atoms with Gasteiger partial charge < -0.3 is 10.6 Å². The Morgan fingerprint density at radius 1 is 1.06 bits per heavy atom. The standard InChI is InChI=1S/C24H22F2N4O5/c25-20(26)14-4-1-5-15(12-14)28-24(35)27-10-2-3-13-6-7-16-17(11-13)23(34)30(22(16)33)18-8-9-19(31)29-21(18)32/h1,4-7,11-12,18,20H,2-3,8-10H2,(H2,27,28,35)(H,29,31,32). The van der Waals surface area contributed by atoms with Crippen LogP contribution < -0.4 is 16.0 Å². The molecule has 2 aliphatic rings. The maximum atomic E-state index is 12.9. The summed E-state index contributed by atoms with van der Waals surface area (Å²) in [5.41, 5.74) is 1.22. The molecule has 35 heavy (non-hydrogen) atoms. The Morgan fingerprint density at radius 3 is 2.57 bits per heavy atom. The number of piperidine rings is 1. The maximum Gasteiger partial charge on any atom is 0.319 e. The third kappa shape index (κ3) is 5.18. The van der Waals surface area contributed by atoms with Gasteiger partial charge in [0.25, 0.3) is 18.2 Å². The Labute approximate surface area is 198 Å². The second-order valence-corrected chi connectivity index (χ2v) is 8.24. The fourth-order valence-corrected chi connectivity index (χ4v) is 4.10. The third-order valence-electron chi connectivity index (χ3n) is 5.83. The number of hydrogen-bond acceptors (Lipinski definition) is 5. The molecule has 0 aromatic heterocycles. The zero-order chi connectivity index (χ0) is 25.1. The van der Waals surface area contributed by atoms with E-state index in [4.69, 9.17) is 0 Å². The molecule has 1 saturated heterocycles. The number of imide groups is 2. The molecule has 2 aliphatic heterocycles. The average Bonchev–Trinajstić information content (AvgIpc) is 3.06. The van der Waals surface area contributed by atoms with E-state index in [1.165, 1.54) is 30.3 Å². The van der Waals surface area contributed by atoms with Gasteiger partial charge in [-0.25, -0.2) is 13.6 Å². The first-order valence-electron chi connectivity index (χ1n) is 11.0. The number of aryl methyl sites for hydroxylation is 1. The minimum atomic E-state index is -2.63. The lowest BCUT2D eigenvalue weighted by molar-refractivity contribution is -0.136. The molecule has 6 amide bonds. The van der Waals surface area contributed by atoms with E-state index in [1.54, 1.807) is 12.1 Å². The lowest BCUT2D eigenvalue weighted by Gasteiger charge is -2.27. The topological polar surface area (TPSA) is 125 Å². The van der Waals surface area contributed by atoms with Crippen molar-refractivity contribution in [2.24, 2.45) is 0 Å². The van der Waals surface area contributed by atoms with Crippen LogP contribution in [-0.2, 0) is 16.0 Å². The van der Waals surface area contributed by atoms with Gasteiger partial charge in [-0.15, -0.1) is 0 Å². The summed E-state index contributed by atoms with van der Waals surface area (Å²) in [4.78, 5) is 62.1. The summed E-state index contributed by atoms with van der Waals surface area (Å²) in [6.45, 7) is 0.284. The van der Waals surface area contributed by atoms with Crippen LogP contribution in [-0.4, -0.2) is 47.1 Å². The average molecular weight is 484 g/mol. The number of halogens is 2. The normalized spacial score (nSPS) is 17.5. The highest BCUT2D eigenvalue weighted by Gasteiger charge is 2.44. The van der Waals surface area contributed by atoms with Crippen molar-refractivity contribution in [1.82, 2.24) is 15.5 Å². The molecule has 3 N–H and O–H groups in total. The lowest BCUT2D eigenvalue weighted by Crippen LogP contribution is -2.54. The number of rotatable bonds is 7. The minimum absolute atomic E-state index is 0.0489. The molecule has 2 heterocycles. The number of carbonyl (C=O) groups excluding carboxylic acids is 5. The quantitative estimate of drug-likeness (QED) is 0.412. The second kappa shape index (κ2) is 10.00. The highest BCUT2D eigenvalue weighted by Crippen LogP contribution is 2.28. The number of benzene rings is 2. The van der Waals surface area contributed by atoms with Gasteiger partial charge in [0.05, 0.1) is 11.1 Å². The molecule has 11 heteroatoms. The molecule has 4 rings (SSSR count). The summed E-state index contributed by atoms with van der Waals surface area (Å²) in [6, 6.07) is 8.68. The van der Waals surface area contributed by atoms with Gasteiger partial charge in [0.1, 0.15) is 6.04 Å². The lowest BCUT2D eigenvalue weighted by atomic mass is 10.0. The molecule has 1 fully saturated rings. The monoisotopic (exact) mass is 484 g/mol. The Morgan fingerprint density at radius 2 is 1.83 bits per heavy atom. The number of urea groups is 1. The number of hydrogen-bond donors (Lipinski definition) is 3. The predicted octanol–water partition coefficient (Wildman–Crippen LogP) is 2.78. The van der Waals surface area contributed by atoms with Crippen molar-refractivity contribution in [3.8, 4) is 0 Å². The SMILES string of the molecule is O=C1CCC(N2C(=O)c3ccc(CCCNC(=O)Nc4cccc(C(F)F)c4)cc3C2=O)C(=O)N1.